The molecule has 164 valence electrons. The van der Waals surface area contributed by atoms with Crippen LogP contribution in [0.2, 0.25) is 0 Å². The number of anilines is 2. The van der Waals surface area contributed by atoms with Crippen molar-refractivity contribution in [3.8, 4) is 0 Å². The van der Waals surface area contributed by atoms with Crippen LogP contribution < -0.4 is 11.1 Å². The van der Waals surface area contributed by atoms with Gasteiger partial charge in [-0.1, -0.05) is 0 Å². The van der Waals surface area contributed by atoms with Crippen LogP contribution in [0.1, 0.15) is 44.6 Å². The van der Waals surface area contributed by atoms with Gasteiger partial charge in [-0.15, -0.1) is 0 Å². The number of esters is 2. The van der Waals surface area contributed by atoms with Crippen LogP contribution in [0.15, 0.2) is 24.3 Å². The van der Waals surface area contributed by atoms with Gasteiger partial charge in [0.1, 0.15) is 5.82 Å². The molecule has 9 heteroatoms. The molecule has 0 spiro atoms. The summed E-state index contributed by atoms with van der Waals surface area (Å²) in [6.45, 7) is 6.97. The number of nitrogen functional groups attached to an aromatic ring is 1. The standard InChI is InChI=1S/C11H14N2O3.C11H12N2O2/c1-6-4-8(11(15)16-3)5-9(12)10(6)13-7(2)14;1-6-4-8(11(14)15-3)5-9-10(6)13-7(2)12-9/h4-5H,12H2,1-3H3,(H,13,14);4-5H,1-3H3,(H,12,13). The second-order valence-corrected chi connectivity index (χ2v) is 6.93. The number of methoxy groups -OCH3 is 2. The van der Waals surface area contributed by atoms with Crippen LogP contribution >= 0.6 is 0 Å². The Morgan fingerprint density at radius 3 is 2.00 bits per heavy atom. The van der Waals surface area contributed by atoms with Crippen molar-refractivity contribution < 1.29 is 23.9 Å². The van der Waals surface area contributed by atoms with Gasteiger partial charge in [0, 0.05) is 6.92 Å². The Balaban J connectivity index is 0.000000220. The number of carbonyl (C=O) groups excluding carboxylic acids is 3. The molecule has 1 aromatic heterocycles. The van der Waals surface area contributed by atoms with Gasteiger partial charge in [-0.05, 0) is 56.2 Å². The smallest absolute Gasteiger partial charge is 0.337 e. The molecule has 3 aromatic rings. The molecule has 0 radical (unpaired) electrons. The number of nitrogens with two attached hydrogens (primary N) is 1. The first-order chi connectivity index (χ1) is 14.6. The molecule has 0 unspecified atom stereocenters. The maximum absolute atomic E-state index is 11.4. The molecule has 0 fully saturated rings. The molecule has 0 saturated heterocycles. The number of nitrogens with zero attached hydrogens (tertiary/aromatic N) is 1. The Kier molecular flexibility index (Phi) is 7.36. The Morgan fingerprint density at radius 1 is 0.935 bits per heavy atom. The number of ether oxygens (including phenoxy) is 2. The average molecular weight is 426 g/mol. The van der Waals surface area contributed by atoms with Gasteiger partial charge < -0.3 is 25.5 Å². The number of aromatic amines is 1. The highest BCUT2D eigenvalue weighted by atomic mass is 16.5. The number of hydrogen-bond acceptors (Lipinski definition) is 7. The van der Waals surface area contributed by atoms with Crippen LogP contribution in [0.25, 0.3) is 11.0 Å². The van der Waals surface area contributed by atoms with Crippen molar-refractivity contribution in [2.24, 2.45) is 0 Å². The van der Waals surface area contributed by atoms with E-state index in [2.05, 4.69) is 24.8 Å². The predicted molar refractivity (Wildman–Crippen MR) is 118 cm³/mol. The Morgan fingerprint density at radius 2 is 1.48 bits per heavy atom. The van der Waals surface area contributed by atoms with Crippen molar-refractivity contribution in [1.82, 2.24) is 9.97 Å². The molecule has 3 rings (SSSR count). The molecular formula is C22H26N4O5. The van der Waals surface area contributed by atoms with Gasteiger partial charge in [0.25, 0.3) is 0 Å². The molecule has 0 aliphatic heterocycles. The lowest BCUT2D eigenvalue weighted by atomic mass is 10.1. The number of amides is 1. The Hall–Kier alpha value is -3.88. The van der Waals surface area contributed by atoms with Crippen molar-refractivity contribution in [1.29, 1.82) is 0 Å². The van der Waals surface area contributed by atoms with E-state index in [1.165, 1.54) is 27.2 Å². The molecule has 31 heavy (non-hydrogen) atoms. The summed E-state index contributed by atoms with van der Waals surface area (Å²) >= 11 is 0. The van der Waals surface area contributed by atoms with E-state index in [0.29, 0.717) is 22.5 Å². The van der Waals surface area contributed by atoms with E-state index in [4.69, 9.17) is 5.73 Å². The van der Waals surface area contributed by atoms with Gasteiger partial charge in [-0.2, -0.15) is 0 Å². The fourth-order valence-electron chi connectivity index (χ4n) is 3.05. The zero-order chi connectivity index (χ0) is 23.3. The molecule has 2 aromatic carbocycles. The molecule has 9 nitrogen and oxygen atoms in total. The molecule has 0 saturated carbocycles. The number of fused-ring (bicyclic) bond motifs is 1. The lowest BCUT2D eigenvalue weighted by molar-refractivity contribution is -0.114. The molecule has 4 N–H and O–H groups in total. The molecule has 1 amide bonds. The van der Waals surface area contributed by atoms with Gasteiger partial charge in [0.15, 0.2) is 0 Å². The topological polar surface area (TPSA) is 136 Å². The Bertz CT molecular complexity index is 1130. The molecule has 0 aliphatic carbocycles. The fourth-order valence-corrected chi connectivity index (χ4v) is 3.05. The van der Waals surface area contributed by atoms with Gasteiger partial charge in [0.2, 0.25) is 5.91 Å². The van der Waals surface area contributed by atoms with E-state index >= 15 is 0 Å². The van der Waals surface area contributed by atoms with Gasteiger partial charge in [-0.25, -0.2) is 14.6 Å². The zero-order valence-corrected chi connectivity index (χ0v) is 18.4. The van der Waals surface area contributed by atoms with Crippen molar-refractivity contribution >= 4 is 40.3 Å². The maximum Gasteiger partial charge on any atom is 0.337 e. The quantitative estimate of drug-likeness (QED) is 0.432. The first-order valence-corrected chi connectivity index (χ1v) is 9.38. The van der Waals surface area contributed by atoms with Crippen LogP contribution in [0.3, 0.4) is 0 Å². The summed E-state index contributed by atoms with van der Waals surface area (Å²) in [4.78, 5) is 41.0. The van der Waals surface area contributed by atoms with Crippen molar-refractivity contribution in [3.05, 3.63) is 52.3 Å². The minimum atomic E-state index is -0.454. The van der Waals surface area contributed by atoms with E-state index < -0.39 is 5.97 Å². The summed E-state index contributed by atoms with van der Waals surface area (Å²) in [7, 11) is 2.68. The summed E-state index contributed by atoms with van der Waals surface area (Å²) in [6.07, 6.45) is 0. The summed E-state index contributed by atoms with van der Waals surface area (Å²) < 4.78 is 9.26. The van der Waals surface area contributed by atoms with E-state index in [-0.39, 0.29) is 11.9 Å². The normalized spacial score (nSPS) is 10.1. The van der Waals surface area contributed by atoms with E-state index in [1.807, 2.05) is 13.8 Å². The van der Waals surface area contributed by atoms with Crippen LogP contribution in [0.4, 0.5) is 11.4 Å². The van der Waals surface area contributed by atoms with Gasteiger partial charge in [0.05, 0.1) is 47.8 Å². The largest absolute Gasteiger partial charge is 0.465 e. The molecular weight excluding hydrogens is 400 g/mol. The number of rotatable bonds is 3. The van der Waals surface area contributed by atoms with Gasteiger partial charge >= 0.3 is 11.9 Å². The second kappa shape index (κ2) is 9.75. The minimum Gasteiger partial charge on any atom is -0.465 e. The third kappa shape index (κ3) is 5.59. The van der Waals surface area contributed by atoms with E-state index in [0.717, 1.165) is 28.0 Å². The summed E-state index contributed by atoms with van der Waals surface area (Å²) in [5, 5.41) is 2.61. The Labute approximate surface area is 179 Å². The SMILES string of the molecule is COC(=O)c1cc(C)c(NC(C)=O)c(N)c1.COC(=O)c1cc(C)c2nc(C)[nH]c2c1. The van der Waals surface area contributed by atoms with Crippen molar-refractivity contribution in [3.63, 3.8) is 0 Å². The third-order valence-corrected chi connectivity index (χ3v) is 4.40. The number of nitrogens with one attached hydrogen (secondary N) is 2. The lowest BCUT2D eigenvalue weighted by Crippen LogP contribution is -2.11. The van der Waals surface area contributed by atoms with Crippen LogP contribution in [0.5, 0.6) is 0 Å². The monoisotopic (exact) mass is 426 g/mol. The van der Waals surface area contributed by atoms with Gasteiger partial charge in [-0.3, -0.25) is 4.79 Å². The number of hydrogen-bond donors (Lipinski definition) is 3. The molecule has 0 atom stereocenters. The third-order valence-electron chi connectivity index (χ3n) is 4.40. The summed E-state index contributed by atoms with van der Waals surface area (Å²) in [5.41, 5.74) is 11.0. The van der Waals surface area contributed by atoms with Crippen molar-refractivity contribution in [2.45, 2.75) is 27.7 Å². The van der Waals surface area contributed by atoms with Crippen LogP contribution in [-0.2, 0) is 14.3 Å². The first kappa shape index (κ1) is 23.4. The average Bonchev–Trinajstić information content (AvgIpc) is 3.10. The highest BCUT2D eigenvalue weighted by Crippen LogP contribution is 2.25. The van der Waals surface area contributed by atoms with E-state index in [1.54, 1.807) is 25.1 Å². The maximum atomic E-state index is 11.4. The number of aryl methyl sites for hydroxylation is 3. The minimum absolute atomic E-state index is 0.208. The number of carbonyl (C=O) groups is 3. The van der Waals surface area contributed by atoms with Crippen LogP contribution in [0, 0.1) is 20.8 Å². The number of imidazole rings is 1. The first-order valence-electron chi connectivity index (χ1n) is 9.38. The van der Waals surface area contributed by atoms with E-state index in [9.17, 15) is 14.4 Å². The molecule has 1 heterocycles. The number of H-pyrrole nitrogens is 1. The molecule has 0 aliphatic rings. The lowest BCUT2D eigenvalue weighted by Gasteiger charge is -2.11. The summed E-state index contributed by atoms with van der Waals surface area (Å²) in [6, 6.07) is 6.64. The second-order valence-electron chi connectivity index (χ2n) is 6.93. The van der Waals surface area contributed by atoms with Crippen molar-refractivity contribution in [2.75, 3.05) is 25.3 Å². The number of aromatic nitrogens is 2. The highest BCUT2D eigenvalue weighted by molar-refractivity contribution is 5.97. The predicted octanol–water partition coefficient (Wildman–Crippen LogP) is 3.29. The highest BCUT2D eigenvalue weighted by Gasteiger charge is 2.12. The number of benzene rings is 2. The molecule has 0 bridgehead atoms. The fraction of sp³-hybridized carbons (Fsp3) is 0.273. The summed E-state index contributed by atoms with van der Waals surface area (Å²) in [5.74, 6) is -0.146. The zero-order valence-electron chi connectivity index (χ0n) is 18.4. The van der Waals surface area contributed by atoms with Crippen LogP contribution in [-0.4, -0.2) is 42.0 Å².